The van der Waals surface area contributed by atoms with Crippen molar-refractivity contribution in [1.82, 2.24) is 0 Å². The van der Waals surface area contributed by atoms with Gasteiger partial charge in [0.05, 0.1) is 37.3 Å². The lowest BCUT2D eigenvalue weighted by atomic mass is 9.86. The number of methoxy groups -OCH3 is 4. The monoisotopic (exact) mass is 951 g/mol. The van der Waals surface area contributed by atoms with E-state index in [2.05, 4.69) is 144 Å². The maximum Gasteiger partial charge on any atom is 0.201 e. The Morgan fingerprint density at radius 1 is 0.484 bits per heavy atom. The van der Waals surface area contributed by atoms with E-state index < -0.39 is 85.4 Å². The third kappa shape index (κ3) is 15.5. The first-order valence-electron chi connectivity index (χ1n) is 23.2. The van der Waals surface area contributed by atoms with Crippen LogP contribution >= 0.6 is 0 Å². The van der Waals surface area contributed by atoms with Crippen LogP contribution in [0.25, 0.3) is 0 Å². The lowest BCUT2D eigenvalue weighted by Crippen LogP contribution is -2.62. The number of rotatable bonds is 24. The summed E-state index contributed by atoms with van der Waals surface area (Å²) in [6, 6.07) is 0. The Morgan fingerprint density at radius 2 is 0.844 bits per heavy atom. The van der Waals surface area contributed by atoms with E-state index in [9.17, 15) is 0 Å². The molecule has 0 bridgehead atoms. The van der Waals surface area contributed by atoms with Gasteiger partial charge in [0.2, 0.25) is 16.6 Å². The van der Waals surface area contributed by atoms with Gasteiger partial charge in [-0.25, -0.2) is 0 Å². The van der Waals surface area contributed by atoms with Crippen molar-refractivity contribution in [3.63, 3.8) is 0 Å². The van der Waals surface area contributed by atoms with E-state index in [1.54, 1.807) is 28.4 Å². The highest BCUT2D eigenvalue weighted by Gasteiger charge is 2.55. The van der Waals surface area contributed by atoms with Gasteiger partial charge in [0, 0.05) is 28.4 Å². The molecular formula is C49H86O12Si3. The summed E-state index contributed by atoms with van der Waals surface area (Å²) in [5, 5.41) is 0. The van der Waals surface area contributed by atoms with Crippen molar-refractivity contribution in [2.24, 2.45) is 11.8 Å². The molecule has 12 nitrogen and oxygen atoms in total. The molecule has 2 fully saturated rings. The summed E-state index contributed by atoms with van der Waals surface area (Å²) in [4.78, 5) is 0. The van der Waals surface area contributed by atoms with Crippen molar-refractivity contribution < 1.29 is 56.2 Å². The molecule has 2 rings (SSSR count). The Balaban J connectivity index is 2.95. The number of ether oxygens (including phenoxy) is 10. The third-order valence-electron chi connectivity index (χ3n) is 12.5. The highest BCUT2D eigenvalue weighted by atomic mass is 28.4. The molecule has 0 unspecified atom stereocenters. The van der Waals surface area contributed by atoms with Crippen LogP contribution in [0.2, 0.25) is 52.9 Å². The van der Waals surface area contributed by atoms with E-state index in [-0.39, 0.29) is 57.0 Å². The molecule has 366 valence electrons. The van der Waals surface area contributed by atoms with Crippen molar-refractivity contribution in [2.75, 3.05) is 68.8 Å². The highest BCUT2D eigenvalue weighted by molar-refractivity contribution is 6.84. The fourth-order valence-electron chi connectivity index (χ4n) is 10.0. The van der Waals surface area contributed by atoms with Crippen LogP contribution in [-0.2, 0) is 56.2 Å². The van der Waals surface area contributed by atoms with Gasteiger partial charge in [0.15, 0.2) is 0 Å². The number of hydrogen-bond acceptors (Lipinski definition) is 12. The summed E-state index contributed by atoms with van der Waals surface area (Å²) < 4.78 is 75.2. The van der Waals surface area contributed by atoms with E-state index in [1.165, 1.54) is 0 Å². The summed E-state index contributed by atoms with van der Waals surface area (Å²) in [6.07, 6.45) is 1.27. The molecule has 0 spiro atoms. The van der Waals surface area contributed by atoms with Gasteiger partial charge in [0.1, 0.15) is 71.9 Å². The molecular weight excluding hydrogens is 865 g/mol. The first-order chi connectivity index (χ1) is 30.1. The lowest BCUT2D eigenvalue weighted by Gasteiger charge is -2.50. The smallest absolute Gasteiger partial charge is 0.201 e. The van der Waals surface area contributed by atoms with Crippen LogP contribution < -0.4 is 0 Å². The molecule has 0 N–H and O–H groups in total. The van der Waals surface area contributed by atoms with Gasteiger partial charge in [-0.05, 0) is 45.1 Å². The second-order valence-electron chi connectivity index (χ2n) is 19.9. The van der Waals surface area contributed by atoms with Crippen molar-refractivity contribution >= 4 is 24.7 Å². The van der Waals surface area contributed by atoms with Crippen LogP contribution in [0.4, 0.5) is 0 Å². The van der Waals surface area contributed by atoms with E-state index in [1.807, 2.05) is 0 Å². The molecule has 0 aromatic rings. The van der Waals surface area contributed by atoms with Gasteiger partial charge in [-0.1, -0.05) is 126 Å². The van der Waals surface area contributed by atoms with Crippen LogP contribution in [-0.4, -0.2) is 142 Å². The first-order valence-corrected chi connectivity index (χ1v) is 30.9. The predicted octanol–water partition coefficient (Wildman–Crippen LogP) is 8.62. The summed E-state index contributed by atoms with van der Waals surface area (Å²) in [7, 11) is -0.551. The lowest BCUT2D eigenvalue weighted by molar-refractivity contribution is -0.217. The molecule has 0 aliphatic carbocycles. The Bertz CT molecular complexity index is 1550. The fraction of sp³-hybridized carbons (Fsp3) is 0.837. The van der Waals surface area contributed by atoms with Gasteiger partial charge in [-0.3, -0.25) is 0 Å². The van der Waals surface area contributed by atoms with E-state index in [0.717, 1.165) is 0 Å². The van der Waals surface area contributed by atoms with Crippen molar-refractivity contribution in [3.8, 4) is 47.5 Å². The molecule has 0 amide bonds. The summed E-state index contributed by atoms with van der Waals surface area (Å²) >= 11 is 0. The largest absolute Gasteiger partial charge is 0.407 e. The Kier molecular flexibility index (Phi) is 25.6. The molecule has 15 heteroatoms. The van der Waals surface area contributed by atoms with Gasteiger partial charge < -0.3 is 56.2 Å². The maximum absolute atomic E-state index is 7.57. The summed E-state index contributed by atoms with van der Waals surface area (Å²) in [5.41, 5.74) is 5.25. The van der Waals surface area contributed by atoms with Crippen LogP contribution in [0.5, 0.6) is 0 Å². The first kappa shape index (κ1) is 58.5. The topological polar surface area (TPSA) is 111 Å². The van der Waals surface area contributed by atoms with Crippen LogP contribution in [0, 0.1) is 59.3 Å². The molecule has 0 saturated carbocycles. The van der Waals surface area contributed by atoms with E-state index >= 15 is 0 Å². The minimum absolute atomic E-state index is 0.00604. The molecule has 10 atom stereocenters. The molecule has 64 heavy (non-hydrogen) atoms. The third-order valence-corrected chi connectivity index (χ3v) is 25.6. The quantitative estimate of drug-likeness (QED) is 0.0400. The summed E-state index contributed by atoms with van der Waals surface area (Å²) in [5.74, 6) is 18.6. The maximum atomic E-state index is 7.57. The Hall–Kier alpha value is -1.59. The van der Waals surface area contributed by atoms with Gasteiger partial charge in [0.25, 0.3) is 0 Å². The van der Waals surface area contributed by atoms with Gasteiger partial charge in [-0.2, -0.15) is 0 Å². The molecule has 2 saturated heterocycles. The molecule has 2 aliphatic heterocycles. The molecule has 2 aliphatic rings. The SMILES string of the molecule is C#C[C@H]1[C@H](OCOC)[C@@H](O[Si](C(C)C)(C(C)C)C(C)C)[C@H](C#CC#C[C@H]2[C@H](OCOC)[C@@H](O[Si](C(C)C)(C(C)C)C(C)C)[C@H](C#C[Si](C)(C)C)O[C@@H]2COCOC)O[C@@H]1COCOC. The van der Waals surface area contributed by atoms with Crippen molar-refractivity contribution in [1.29, 1.82) is 0 Å². The second kappa shape index (κ2) is 28.0. The molecule has 0 aromatic heterocycles. The van der Waals surface area contributed by atoms with Crippen LogP contribution in [0.15, 0.2) is 0 Å². The molecule has 0 radical (unpaired) electrons. The van der Waals surface area contributed by atoms with Gasteiger partial charge >= 0.3 is 0 Å². The minimum atomic E-state index is -2.55. The van der Waals surface area contributed by atoms with E-state index in [4.69, 9.17) is 62.6 Å². The standard InChI is InChI=1S/C49H86O12Si3/c1-21-40-44(28-54-30-50-14)58-42(48(46(40)56-32-52-16)60-63(34(2)3,35(4)5)36(6)7)25-23-22-24-41-45(29-55-31-51-15)59-43(26-27-62(18,19)20)49(47(41)57-33-53-17)61-64(37(8)9,38(10)11)39(12)13/h1,34-49H,28-33H2,2-20H3/t40-,41-,42+,43+,44-,45-,46+,47+,48+,49+/m1/s1. The second-order valence-corrected chi connectivity index (χ2v) is 35.5. The molecule has 2 heterocycles. The summed E-state index contributed by atoms with van der Waals surface area (Å²) in [6.45, 7) is 34.2. The van der Waals surface area contributed by atoms with E-state index in [0.29, 0.717) is 16.6 Å². The van der Waals surface area contributed by atoms with Crippen LogP contribution in [0.3, 0.4) is 0 Å². The molecule has 0 aromatic carbocycles. The Morgan fingerprint density at radius 3 is 1.20 bits per heavy atom. The number of terminal acetylenes is 1. The highest BCUT2D eigenvalue weighted by Crippen LogP contribution is 2.47. The van der Waals surface area contributed by atoms with Gasteiger partial charge in [-0.15, -0.1) is 12.0 Å². The zero-order valence-electron chi connectivity index (χ0n) is 43.0. The number of hydrogen-bond donors (Lipinski definition) is 0. The Labute approximate surface area is 392 Å². The van der Waals surface area contributed by atoms with Crippen molar-refractivity contribution in [3.05, 3.63) is 0 Å². The minimum Gasteiger partial charge on any atom is -0.407 e. The van der Waals surface area contributed by atoms with Crippen LogP contribution in [0.1, 0.15) is 83.1 Å². The average molecular weight is 951 g/mol. The predicted molar refractivity (Wildman–Crippen MR) is 261 cm³/mol. The zero-order chi connectivity index (χ0) is 48.4. The average Bonchev–Trinajstić information content (AvgIpc) is 3.21. The fourth-order valence-corrected chi connectivity index (χ4v) is 21.7. The normalized spacial score (nSPS) is 26.8. The zero-order valence-corrected chi connectivity index (χ0v) is 46.0. The van der Waals surface area contributed by atoms with Crippen molar-refractivity contribution in [2.45, 2.75) is 185 Å².